The number of thioether (sulfide) groups is 1. The first-order valence-electron chi connectivity index (χ1n) is 5.66. The number of halogens is 1. The molecular formula is C13H15FO2S. The molecule has 0 spiro atoms. The minimum absolute atomic E-state index is 0.269. The van der Waals surface area contributed by atoms with Crippen molar-refractivity contribution in [2.45, 2.75) is 30.9 Å². The first kappa shape index (κ1) is 12.4. The van der Waals surface area contributed by atoms with E-state index in [4.69, 9.17) is 0 Å². The Balaban J connectivity index is 2.26. The van der Waals surface area contributed by atoms with Gasteiger partial charge in [-0.1, -0.05) is 6.07 Å². The average Bonchev–Trinajstić information content (AvgIpc) is 2.72. The van der Waals surface area contributed by atoms with Gasteiger partial charge < -0.3 is 5.11 Å². The van der Waals surface area contributed by atoms with E-state index in [0.29, 0.717) is 12.8 Å². The monoisotopic (exact) mass is 254 g/mol. The van der Waals surface area contributed by atoms with Crippen molar-refractivity contribution < 1.29 is 14.3 Å². The number of rotatable bonds is 3. The summed E-state index contributed by atoms with van der Waals surface area (Å²) in [6, 6.07) is 4.57. The SMILES string of the molecule is Cc1cc(F)ccc1CC1(C(=O)O)CCCS1. The molecule has 17 heavy (non-hydrogen) atoms. The molecule has 1 aliphatic heterocycles. The Morgan fingerprint density at radius 2 is 2.35 bits per heavy atom. The summed E-state index contributed by atoms with van der Waals surface area (Å²) < 4.78 is 12.3. The van der Waals surface area contributed by atoms with Crippen molar-refractivity contribution in [2.24, 2.45) is 0 Å². The summed E-state index contributed by atoms with van der Waals surface area (Å²) in [6.07, 6.45) is 2.13. The maximum Gasteiger partial charge on any atom is 0.320 e. The third-order valence-corrected chi connectivity index (χ3v) is 4.84. The quantitative estimate of drug-likeness (QED) is 0.901. The Morgan fingerprint density at radius 3 is 2.88 bits per heavy atom. The Labute approximate surface area is 104 Å². The minimum atomic E-state index is -0.747. The van der Waals surface area contributed by atoms with Crippen LogP contribution in [-0.2, 0) is 11.2 Å². The molecule has 0 bridgehead atoms. The number of hydrogen-bond acceptors (Lipinski definition) is 2. The van der Waals surface area contributed by atoms with E-state index >= 15 is 0 Å². The third kappa shape index (κ3) is 2.46. The number of hydrogen-bond donors (Lipinski definition) is 1. The van der Waals surface area contributed by atoms with Gasteiger partial charge in [-0.3, -0.25) is 4.79 Å². The fraction of sp³-hybridized carbons (Fsp3) is 0.462. The highest BCUT2D eigenvalue weighted by atomic mass is 32.2. The van der Waals surface area contributed by atoms with Gasteiger partial charge in [-0.15, -0.1) is 11.8 Å². The van der Waals surface area contributed by atoms with E-state index in [-0.39, 0.29) is 5.82 Å². The molecule has 1 N–H and O–H groups in total. The lowest BCUT2D eigenvalue weighted by Crippen LogP contribution is -2.35. The average molecular weight is 254 g/mol. The maximum atomic E-state index is 13.0. The fourth-order valence-electron chi connectivity index (χ4n) is 2.25. The molecule has 1 aromatic carbocycles. The summed E-state index contributed by atoms with van der Waals surface area (Å²) in [5, 5.41) is 9.38. The van der Waals surface area contributed by atoms with Crippen LogP contribution in [-0.4, -0.2) is 21.6 Å². The van der Waals surface area contributed by atoms with Gasteiger partial charge in [-0.05, 0) is 55.2 Å². The highest BCUT2D eigenvalue weighted by Crippen LogP contribution is 2.41. The molecule has 1 fully saturated rings. The van der Waals surface area contributed by atoms with Crippen molar-refractivity contribution in [1.29, 1.82) is 0 Å². The van der Waals surface area contributed by atoms with Crippen molar-refractivity contribution in [3.05, 3.63) is 35.1 Å². The predicted molar refractivity (Wildman–Crippen MR) is 66.9 cm³/mol. The molecule has 0 saturated carbocycles. The first-order valence-corrected chi connectivity index (χ1v) is 6.64. The van der Waals surface area contributed by atoms with Crippen molar-refractivity contribution >= 4 is 17.7 Å². The van der Waals surface area contributed by atoms with Crippen LogP contribution in [0.25, 0.3) is 0 Å². The molecule has 4 heteroatoms. The lowest BCUT2D eigenvalue weighted by molar-refractivity contribution is -0.139. The topological polar surface area (TPSA) is 37.3 Å². The zero-order valence-electron chi connectivity index (χ0n) is 9.70. The number of carboxylic acid groups (broad SMARTS) is 1. The van der Waals surface area contributed by atoms with Crippen molar-refractivity contribution in [3.8, 4) is 0 Å². The van der Waals surface area contributed by atoms with Crippen LogP contribution in [0.3, 0.4) is 0 Å². The van der Waals surface area contributed by atoms with Crippen LogP contribution in [0.5, 0.6) is 0 Å². The fourth-order valence-corrected chi connectivity index (χ4v) is 3.60. The number of carbonyl (C=O) groups is 1. The highest BCUT2D eigenvalue weighted by Gasteiger charge is 2.42. The zero-order chi connectivity index (χ0) is 12.5. The summed E-state index contributed by atoms with van der Waals surface area (Å²) in [7, 11) is 0. The standard InChI is InChI=1S/C13H15FO2S/c1-9-7-11(14)4-3-10(9)8-13(12(15)16)5-2-6-17-13/h3-4,7H,2,5-6,8H2,1H3,(H,15,16). The molecule has 1 aliphatic rings. The Kier molecular flexibility index (Phi) is 3.43. The second-order valence-corrected chi connectivity index (χ2v) is 5.98. The van der Waals surface area contributed by atoms with E-state index < -0.39 is 10.7 Å². The molecule has 0 aliphatic carbocycles. The van der Waals surface area contributed by atoms with Crippen LogP contribution in [0.15, 0.2) is 18.2 Å². The second kappa shape index (κ2) is 4.69. The molecule has 0 aromatic heterocycles. The van der Waals surface area contributed by atoms with Gasteiger partial charge in [0, 0.05) is 0 Å². The normalized spacial score (nSPS) is 23.9. The molecule has 2 rings (SSSR count). The van der Waals surface area contributed by atoms with Crippen molar-refractivity contribution in [3.63, 3.8) is 0 Å². The molecule has 1 atom stereocenters. The third-order valence-electron chi connectivity index (χ3n) is 3.27. The van der Waals surface area contributed by atoms with Crippen LogP contribution >= 0.6 is 11.8 Å². The van der Waals surface area contributed by atoms with Crippen molar-refractivity contribution in [1.82, 2.24) is 0 Å². The van der Waals surface area contributed by atoms with Gasteiger partial charge in [-0.25, -0.2) is 4.39 Å². The first-order chi connectivity index (χ1) is 8.03. The van der Waals surface area contributed by atoms with Crippen molar-refractivity contribution in [2.75, 3.05) is 5.75 Å². The van der Waals surface area contributed by atoms with Crippen LogP contribution in [0.4, 0.5) is 4.39 Å². The van der Waals surface area contributed by atoms with Gasteiger partial charge in [0.1, 0.15) is 10.6 Å². The molecule has 0 amide bonds. The number of aliphatic carboxylic acids is 1. The van der Waals surface area contributed by atoms with Gasteiger partial charge in [0.05, 0.1) is 0 Å². The van der Waals surface area contributed by atoms with E-state index in [9.17, 15) is 14.3 Å². The lowest BCUT2D eigenvalue weighted by atomic mass is 9.92. The van der Waals surface area contributed by atoms with E-state index in [1.807, 2.05) is 6.92 Å². The number of aryl methyl sites for hydroxylation is 1. The van der Waals surface area contributed by atoms with E-state index in [2.05, 4.69) is 0 Å². The summed E-state index contributed by atoms with van der Waals surface area (Å²) in [4.78, 5) is 11.4. The molecule has 0 radical (unpaired) electrons. The zero-order valence-corrected chi connectivity index (χ0v) is 10.5. The van der Waals surface area contributed by atoms with Gasteiger partial charge in [0.25, 0.3) is 0 Å². The molecular weight excluding hydrogens is 239 g/mol. The number of carboxylic acids is 1. The minimum Gasteiger partial charge on any atom is -0.480 e. The Hall–Kier alpha value is -1.03. The van der Waals surface area contributed by atoms with Crippen LogP contribution in [0.2, 0.25) is 0 Å². The molecule has 1 saturated heterocycles. The summed E-state index contributed by atoms with van der Waals surface area (Å²) >= 11 is 1.51. The van der Waals surface area contributed by atoms with E-state index in [1.54, 1.807) is 6.07 Å². The van der Waals surface area contributed by atoms with Crippen LogP contribution in [0, 0.1) is 12.7 Å². The van der Waals surface area contributed by atoms with Gasteiger partial charge in [0.2, 0.25) is 0 Å². The highest BCUT2D eigenvalue weighted by molar-refractivity contribution is 8.01. The smallest absolute Gasteiger partial charge is 0.320 e. The summed E-state index contributed by atoms with van der Waals surface area (Å²) in [5.41, 5.74) is 1.77. The summed E-state index contributed by atoms with van der Waals surface area (Å²) in [5.74, 6) is -0.120. The number of benzene rings is 1. The van der Waals surface area contributed by atoms with Gasteiger partial charge >= 0.3 is 5.97 Å². The van der Waals surface area contributed by atoms with Crippen LogP contribution < -0.4 is 0 Å². The predicted octanol–water partition coefficient (Wildman–Crippen LogP) is 3.03. The molecule has 1 unspecified atom stereocenters. The Bertz CT molecular complexity index is 439. The second-order valence-electron chi connectivity index (χ2n) is 4.50. The van der Waals surface area contributed by atoms with Gasteiger partial charge in [0.15, 0.2) is 0 Å². The maximum absolute atomic E-state index is 13.0. The Morgan fingerprint density at radius 1 is 1.59 bits per heavy atom. The summed E-state index contributed by atoms with van der Waals surface area (Å²) in [6.45, 7) is 1.83. The van der Waals surface area contributed by atoms with E-state index in [0.717, 1.165) is 23.3 Å². The molecule has 92 valence electrons. The molecule has 1 heterocycles. The molecule has 1 aromatic rings. The lowest BCUT2D eigenvalue weighted by Gasteiger charge is -2.23. The molecule has 2 nitrogen and oxygen atoms in total. The largest absolute Gasteiger partial charge is 0.480 e. The van der Waals surface area contributed by atoms with Crippen LogP contribution in [0.1, 0.15) is 24.0 Å². The van der Waals surface area contributed by atoms with E-state index in [1.165, 1.54) is 23.9 Å². The van der Waals surface area contributed by atoms with Gasteiger partial charge in [-0.2, -0.15) is 0 Å².